The van der Waals surface area contributed by atoms with E-state index in [1.54, 1.807) is 12.1 Å². The summed E-state index contributed by atoms with van der Waals surface area (Å²) < 4.78 is 13.3. The van der Waals surface area contributed by atoms with Crippen LogP contribution in [0.3, 0.4) is 0 Å². The van der Waals surface area contributed by atoms with Gasteiger partial charge in [0.25, 0.3) is 0 Å². The molecular weight excluding hydrogens is 231 g/mol. The van der Waals surface area contributed by atoms with Crippen molar-refractivity contribution in [1.29, 1.82) is 0 Å². The summed E-state index contributed by atoms with van der Waals surface area (Å²) in [5.41, 5.74) is 1.46. The smallest absolute Gasteiger partial charge is 0.328 e. The fourth-order valence-electron chi connectivity index (χ4n) is 2.65. The first-order valence-corrected chi connectivity index (χ1v) is 6.37. The molecule has 1 aliphatic rings. The maximum absolute atomic E-state index is 13.3. The van der Waals surface area contributed by atoms with Crippen LogP contribution in [0.5, 0.6) is 0 Å². The minimum Gasteiger partial charge on any atom is -0.478 e. The Labute approximate surface area is 106 Å². The lowest BCUT2D eigenvalue weighted by atomic mass is 9.81. The molecule has 0 spiro atoms. The molecule has 0 unspecified atom stereocenters. The van der Waals surface area contributed by atoms with Crippen molar-refractivity contribution in [2.24, 2.45) is 5.92 Å². The maximum atomic E-state index is 13.3. The first-order valence-electron chi connectivity index (χ1n) is 6.37. The van der Waals surface area contributed by atoms with E-state index in [9.17, 15) is 9.18 Å². The second-order valence-electron chi connectivity index (χ2n) is 4.78. The second-order valence-corrected chi connectivity index (χ2v) is 4.78. The van der Waals surface area contributed by atoms with E-state index in [-0.39, 0.29) is 11.7 Å². The zero-order valence-electron chi connectivity index (χ0n) is 10.2. The van der Waals surface area contributed by atoms with Gasteiger partial charge in [-0.2, -0.15) is 0 Å². The van der Waals surface area contributed by atoms with E-state index in [1.807, 2.05) is 0 Å². The number of allylic oxidation sites excluding steroid dienone is 1. The van der Waals surface area contributed by atoms with E-state index in [0.29, 0.717) is 5.56 Å². The Hall–Kier alpha value is -1.64. The van der Waals surface area contributed by atoms with Crippen LogP contribution in [0.25, 0.3) is 5.57 Å². The number of carboxylic acids is 1. The normalized spacial score (nSPS) is 17.7. The summed E-state index contributed by atoms with van der Waals surface area (Å²) in [6.45, 7) is 0. The molecule has 2 rings (SSSR count). The molecule has 0 atom stereocenters. The van der Waals surface area contributed by atoms with Gasteiger partial charge in [0.05, 0.1) is 0 Å². The van der Waals surface area contributed by atoms with Crippen LogP contribution in [0.4, 0.5) is 4.39 Å². The Kier molecular flexibility index (Phi) is 4.13. The Balaban J connectivity index is 2.33. The predicted molar refractivity (Wildman–Crippen MR) is 68.6 cm³/mol. The molecule has 0 aliphatic heterocycles. The van der Waals surface area contributed by atoms with Crippen molar-refractivity contribution in [2.75, 3.05) is 0 Å². The summed E-state index contributed by atoms with van der Waals surface area (Å²) in [6.07, 6.45) is 6.68. The van der Waals surface area contributed by atoms with Crippen LogP contribution in [-0.2, 0) is 4.79 Å². The molecule has 0 heterocycles. The van der Waals surface area contributed by atoms with Crippen molar-refractivity contribution in [2.45, 2.75) is 32.1 Å². The third-order valence-electron chi connectivity index (χ3n) is 3.48. The van der Waals surface area contributed by atoms with Gasteiger partial charge in [-0.05, 0) is 42.0 Å². The number of carboxylic acid groups (broad SMARTS) is 1. The lowest BCUT2D eigenvalue weighted by Crippen LogP contribution is -2.10. The van der Waals surface area contributed by atoms with E-state index in [0.717, 1.165) is 31.3 Å². The number of benzene rings is 1. The summed E-state index contributed by atoms with van der Waals surface area (Å²) in [5.74, 6) is -1.03. The van der Waals surface area contributed by atoms with Gasteiger partial charge in [0.2, 0.25) is 0 Å². The molecule has 0 radical (unpaired) electrons. The van der Waals surface area contributed by atoms with Gasteiger partial charge in [-0.1, -0.05) is 31.4 Å². The number of rotatable bonds is 3. The monoisotopic (exact) mass is 248 g/mol. The number of hydrogen-bond acceptors (Lipinski definition) is 1. The summed E-state index contributed by atoms with van der Waals surface area (Å²) in [7, 11) is 0. The van der Waals surface area contributed by atoms with E-state index in [2.05, 4.69) is 0 Å². The van der Waals surface area contributed by atoms with Crippen LogP contribution in [0.15, 0.2) is 30.3 Å². The molecule has 3 heteroatoms. The van der Waals surface area contributed by atoms with E-state index >= 15 is 0 Å². The average Bonchev–Trinajstić information content (AvgIpc) is 2.37. The highest BCUT2D eigenvalue weighted by Crippen LogP contribution is 2.35. The van der Waals surface area contributed by atoms with Gasteiger partial charge in [0, 0.05) is 6.08 Å². The molecule has 1 aromatic carbocycles. The van der Waals surface area contributed by atoms with Crippen LogP contribution in [0, 0.1) is 11.7 Å². The van der Waals surface area contributed by atoms with Crippen molar-refractivity contribution in [3.05, 3.63) is 41.7 Å². The highest BCUT2D eigenvalue weighted by Gasteiger charge is 2.20. The Morgan fingerprint density at radius 1 is 1.28 bits per heavy atom. The summed E-state index contributed by atoms with van der Waals surface area (Å²) in [4.78, 5) is 10.9. The lowest BCUT2D eigenvalue weighted by Gasteiger charge is -2.24. The molecule has 1 aliphatic carbocycles. The third kappa shape index (κ3) is 3.19. The molecule has 2 nitrogen and oxygen atoms in total. The second kappa shape index (κ2) is 5.80. The van der Waals surface area contributed by atoms with Gasteiger partial charge in [-0.15, -0.1) is 0 Å². The topological polar surface area (TPSA) is 37.3 Å². The molecule has 1 N–H and O–H groups in total. The fraction of sp³-hybridized carbons (Fsp3) is 0.400. The van der Waals surface area contributed by atoms with E-state index < -0.39 is 5.97 Å². The van der Waals surface area contributed by atoms with Gasteiger partial charge in [0.1, 0.15) is 5.82 Å². The number of aliphatic carboxylic acids is 1. The molecule has 0 saturated heterocycles. The number of halogens is 1. The summed E-state index contributed by atoms with van der Waals surface area (Å²) in [5, 5.41) is 8.98. The maximum Gasteiger partial charge on any atom is 0.328 e. The van der Waals surface area contributed by atoms with Crippen molar-refractivity contribution < 1.29 is 14.3 Å². The Morgan fingerprint density at radius 3 is 2.61 bits per heavy atom. The van der Waals surface area contributed by atoms with Gasteiger partial charge in [0.15, 0.2) is 0 Å². The predicted octanol–water partition coefficient (Wildman–Crippen LogP) is 3.87. The highest BCUT2D eigenvalue weighted by atomic mass is 19.1. The molecule has 1 saturated carbocycles. The highest BCUT2D eigenvalue weighted by molar-refractivity contribution is 5.90. The molecule has 96 valence electrons. The standard InChI is InChI=1S/C15H17FO2/c16-13-8-4-7-12(9-13)14(10-15(17)18)11-5-2-1-3-6-11/h4,7-11H,1-3,5-6H2,(H,17,18)/b14-10+. The molecule has 0 aromatic heterocycles. The van der Waals surface area contributed by atoms with Gasteiger partial charge < -0.3 is 5.11 Å². The zero-order chi connectivity index (χ0) is 13.0. The SMILES string of the molecule is O=C(O)/C=C(/c1cccc(F)c1)C1CCCCC1. The van der Waals surface area contributed by atoms with Crippen molar-refractivity contribution in [1.82, 2.24) is 0 Å². The van der Waals surface area contributed by atoms with Gasteiger partial charge in [-0.25, -0.2) is 9.18 Å². The van der Waals surface area contributed by atoms with E-state index in [1.165, 1.54) is 24.6 Å². The third-order valence-corrected chi connectivity index (χ3v) is 3.48. The van der Waals surface area contributed by atoms with Crippen molar-refractivity contribution >= 4 is 11.5 Å². The van der Waals surface area contributed by atoms with Crippen LogP contribution in [-0.4, -0.2) is 11.1 Å². The van der Waals surface area contributed by atoms with Gasteiger partial charge in [-0.3, -0.25) is 0 Å². The lowest BCUT2D eigenvalue weighted by molar-refractivity contribution is -0.131. The largest absolute Gasteiger partial charge is 0.478 e. The number of carbonyl (C=O) groups is 1. The van der Waals surface area contributed by atoms with E-state index in [4.69, 9.17) is 5.11 Å². The fourth-order valence-corrected chi connectivity index (χ4v) is 2.65. The van der Waals surface area contributed by atoms with Crippen molar-refractivity contribution in [3.8, 4) is 0 Å². The molecular formula is C15H17FO2. The molecule has 1 aromatic rings. The van der Waals surface area contributed by atoms with Crippen LogP contribution >= 0.6 is 0 Å². The Morgan fingerprint density at radius 2 is 2.00 bits per heavy atom. The summed E-state index contributed by atoms with van der Waals surface area (Å²) >= 11 is 0. The van der Waals surface area contributed by atoms with Crippen LogP contribution < -0.4 is 0 Å². The Bertz CT molecular complexity index is 459. The first-order chi connectivity index (χ1) is 8.66. The zero-order valence-corrected chi connectivity index (χ0v) is 10.2. The molecule has 18 heavy (non-hydrogen) atoms. The number of hydrogen-bond donors (Lipinski definition) is 1. The van der Waals surface area contributed by atoms with Gasteiger partial charge >= 0.3 is 5.97 Å². The van der Waals surface area contributed by atoms with Crippen molar-refractivity contribution in [3.63, 3.8) is 0 Å². The minimum atomic E-state index is -0.958. The van der Waals surface area contributed by atoms with Crippen LogP contribution in [0.2, 0.25) is 0 Å². The minimum absolute atomic E-state index is 0.247. The average molecular weight is 248 g/mol. The first kappa shape index (κ1) is 12.8. The van der Waals surface area contributed by atoms with Crippen LogP contribution in [0.1, 0.15) is 37.7 Å². The molecule has 1 fully saturated rings. The summed E-state index contributed by atoms with van der Waals surface area (Å²) in [6, 6.07) is 6.21. The molecule has 0 bridgehead atoms. The molecule has 0 amide bonds. The quantitative estimate of drug-likeness (QED) is 0.824.